The average molecular weight is 257 g/mol. The molecule has 0 aromatic heterocycles. The standard InChI is InChI=1S/C18H27N/c1-12(2)15-10-17(13(3)4)16(8-7-9-19)18(11-15)14(5)6/h10-14H,9,19H2,1-6H3. The van der Waals surface area contributed by atoms with Gasteiger partial charge in [-0.3, -0.25) is 0 Å². The van der Waals surface area contributed by atoms with E-state index in [0.29, 0.717) is 24.3 Å². The van der Waals surface area contributed by atoms with Crippen molar-refractivity contribution in [3.8, 4) is 11.8 Å². The molecule has 0 fully saturated rings. The Kier molecular flexibility index (Phi) is 5.63. The third-order valence-corrected chi connectivity index (χ3v) is 3.45. The molecule has 1 rings (SSSR count). The van der Waals surface area contributed by atoms with E-state index in [-0.39, 0.29) is 0 Å². The van der Waals surface area contributed by atoms with Gasteiger partial charge in [-0.2, -0.15) is 0 Å². The minimum absolute atomic E-state index is 0.418. The molecular weight excluding hydrogens is 230 g/mol. The maximum absolute atomic E-state index is 5.53. The summed E-state index contributed by atoms with van der Waals surface area (Å²) in [6.07, 6.45) is 0. The zero-order valence-corrected chi connectivity index (χ0v) is 13.2. The lowest BCUT2D eigenvalue weighted by atomic mass is 9.84. The predicted molar refractivity (Wildman–Crippen MR) is 84.6 cm³/mol. The highest BCUT2D eigenvalue weighted by Crippen LogP contribution is 2.31. The van der Waals surface area contributed by atoms with Crippen LogP contribution >= 0.6 is 0 Å². The summed E-state index contributed by atoms with van der Waals surface area (Å²) in [6, 6.07) is 4.64. The Bertz CT molecular complexity index is 455. The van der Waals surface area contributed by atoms with Crippen molar-refractivity contribution in [2.24, 2.45) is 5.73 Å². The van der Waals surface area contributed by atoms with E-state index in [1.807, 2.05) is 0 Å². The minimum Gasteiger partial charge on any atom is -0.320 e. The summed E-state index contributed by atoms with van der Waals surface area (Å²) in [5.74, 6) is 7.83. The number of nitrogens with two attached hydrogens (primary N) is 1. The second kappa shape index (κ2) is 6.78. The monoisotopic (exact) mass is 257 g/mol. The lowest BCUT2D eigenvalue weighted by Crippen LogP contribution is -2.04. The fraction of sp³-hybridized carbons (Fsp3) is 0.556. The molecule has 0 bridgehead atoms. The van der Waals surface area contributed by atoms with Gasteiger partial charge in [-0.25, -0.2) is 0 Å². The predicted octanol–water partition coefficient (Wildman–Crippen LogP) is 4.37. The Morgan fingerprint density at radius 3 is 1.68 bits per heavy atom. The highest BCUT2D eigenvalue weighted by Gasteiger charge is 2.15. The van der Waals surface area contributed by atoms with Gasteiger partial charge in [0, 0.05) is 5.56 Å². The third kappa shape index (κ3) is 3.85. The van der Waals surface area contributed by atoms with Crippen LogP contribution in [-0.2, 0) is 0 Å². The summed E-state index contributed by atoms with van der Waals surface area (Å²) >= 11 is 0. The van der Waals surface area contributed by atoms with E-state index in [4.69, 9.17) is 5.73 Å². The van der Waals surface area contributed by atoms with Gasteiger partial charge in [0.15, 0.2) is 0 Å². The summed E-state index contributed by atoms with van der Waals surface area (Å²) in [5, 5.41) is 0. The maximum atomic E-state index is 5.53. The number of hydrogen-bond acceptors (Lipinski definition) is 1. The van der Waals surface area contributed by atoms with Crippen LogP contribution in [0.4, 0.5) is 0 Å². The molecule has 0 amide bonds. The molecule has 1 aromatic rings. The van der Waals surface area contributed by atoms with E-state index in [9.17, 15) is 0 Å². The van der Waals surface area contributed by atoms with Crippen LogP contribution in [-0.4, -0.2) is 6.54 Å². The highest BCUT2D eigenvalue weighted by atomic mass is 14.5. The lowest BCUT2D eigenvalue weighted by molar-refractivity contribution is 0.800. The number of benzene rings is 1. The molecule has 19 heavy (non-hydrogen) atoms. The van der Waals surface area contributed by atoms with Crippen molar-refractivity contribution >= 4 is 0 Å². The molecule has 0 heterocycles. The topological polar surface area (TPSA) is 26.0 Å². The summed E-state index contributed by atoms with van der Waals surface area (Å²) in [6.45, 7) is 13.8. The second-order valence-electron chi connectivity index (χ2n) is 6.04. The Morgan fingerprint density at radius 2 is 1.37 bits per heavy atom. The molecule has 0 saturated carbocycles. The Labute approximate surface area is 118 Å². The molecule has 1 aromatic carbocycles. The average Bonchev–Trinajstić information content (AvgIpc) is 2.34. The van der Waals surface area contributed by atoms with Crippen molar-refractivity contribution in [3.05, 3.63) is 34.4 Å². The molecule has 0 aliphatic heterocycles. The first kappa shape index (κ1) is 15.8. The quantitative estimate of drug-likeness (QED) is 0.800. The first-order valence-electron chi connectivity index (χ1n) is 7.25. The van der Waals surface area contributed by atoms with E-state index in [1.165, 1.54) is 22.3 Å². The van der Waals surface area contributed by atoms with Crippen LogP contribution in [0.1, 0.15) is 81.5 Å². The van der Waals surface area contributed by atoms with E-state index in [0.717, 1.165) is 0 Å². The van der Waals surface area contributed by atoms with E-state index in [1.54, 1.807) is 0 Å². The molecule has 0 aliphatic carbocycles. The summed E-state index contributed by atoms with van der Waals surface area (Å²) in [5.41, 5.74) is 10.9. The largest absolute Gasteiger partial charge is 0.320 e. The number of rotatable bonds is 3. The molecule has 0 aliphatic rings. The first-order chi connectivity index (χ1) is 8.88. The normalized spacial score (nSPS) is 11.1. The SMILES string of the molecule is CC(C)c1cc(C(C)C)c(C#CCN)c(C(C)C)c1. The van der Waals surface area contributed by atoms with Crippen LogP contribution in [0.25, 0.3) is 0 Å². The van der Waals surface area contributed by atoms with Crippen molar-refractivity contribution in [2.75, 3.05) is 6.54 Å². The molecule has 2 N–H and O–H groups in total. The number of hydrogen-bond donors (Lipinski definition) is 1. The minimum atomic E-state index is 0.418. The highest BCUT2D eigenvalue weighted by molar-refractivity contribution is 5.52. The van der Waals surface area contributed by atoms with Gasteiger partial charge in [0.2, 0.25) is 0 Å². The zero-order chi connectivity index (χ0) is 14.6. The zero-order valence-electron chi connectivity index (χ0n) is 13.2. The maximum Gasteiger partial charge on any atom is 0.0555 e. The molecule has 1 heteroatoms. The summed E-state index contributed by atoms with van der Waals surface area (Å²) in [4.78, 5) is 0. The summed E-state index contributed by atoms with van der Waals surface area (Å²) < 4.78 is 0. The molecule has 0 unspecified atom stereocenters. The molecule has 0 atom stereocenters. The molecule has 1 nitrogen and oxygen atoms in total. The van der Waals surface area contributed by atoms with Gasteiger partial charge in [-0.1, -0.05) is 65.5 Å². The van der Waals surface area contributed by atoms with Crippen LogP contribution in [0.5, 0.6) is 0 Å². The van der Waals surface area contributed by atoms with Gasteiger partial charge < -0.3 is 5.73 Å². The van der Waals surface area contributed by atoms with Crippen molar-refractivity contribution < 1.29 is 0 Å². The fourth-order valence-electron chi connectivity index (χ4n) is 2.24. The second-order valence-corrected chi connectivity index (χ2v) is 6.04. The van der Waals surface area contributed by atoms with E-state index < -0.39 is 0 Å². The third-order valence-electron chi connectivity index (χ3n) is 3.45. The Hall–Kier alpha value is -1.26. The van der Waals surface area contributed by atoms with Crippen molar-refractivity contribution in [2.45, 2.75) is 59.3 Å². The van der Waals surface area contributed by atoms with E-state index >= 15 is 0 Å². The Balaban J connectivity index is 3.55. The lowest BCUT2D eigenvalue weighted by Gasteiger charge is -2.20. The van der Waals surface area contributed by atoms with Crippen molar-refractivity contribution in [1.29, 1.82) is 0 Å². The molecule has 0 spiro atoms. The van der Waals surface area contributed by atoms with Gasteiger partial charge >= 0.3 is 0 Å². The van der Waals surface area contributed by atoms with Crippen molar-refractivity contribution in [1.82, 2.24) is 0 Å². The first-order valence-corrected chi connectivity index (χ1v) is 7.25. The molecular formula is C18H27N. The van der Waals surface area contributed by atoms with Crippen LogP contribution in [0.2, 0.25) is 0 Å². The molecule has 0 radical (unpaired) electrons. The Morgan fingerprint density at radius 1 is 0.895 bits per heavy atom. The molecule has 104 valence electrons. The van der Waals surface area contributed by atoms with Gasteiger partial charge in [0.1, 0.15) is 0 Å². The fourth-order valence-corrected chi connectivity index (χ4v) is 2.24. The van der Waals surface area contributed by atoms with Crippen LogP contribution in [0, 0.1) is 11.8 Å². The van der Waals surface area contributed by atoms with E-state index in [2.05, 4.69) is 65.5 Å². The van der Waals surface area contributed by atoms with Gasteiger partial charge in [-0.05, 0) is 34.4 Å². The summed E-state index contributed by atoms with van der Waals surface area (Å²) in [7, 11) is 0. The van der Waals surface area contributed by atoms with Crippen LogP contribution in [0.15, 0.2) is 12.1 Å². The van der Waals surface area contributed by atoms with Crippen LogP contribution < -0.4 is 5.73 Å². The van der Waals surface area contributed by atoms with Gasteiger partial charge in [-0.15, -0.1) is 0 Å². The smallest absolute Gasteiger partial charge is 0.0555 e. The van der Waals surface area contributed by atoms with Gasteiger partial charge in [0.25, 0.3) is 0 Å². The van der Waals surface area contributed by atoms with Crippen molar-refractivity contribution in [3.63, 3.8) is 0 Å². The van der Waals surface area contributed by atoms with Crippen LogP contribution in [0.3, 0.4) is 0 Å². The van der Waals surface area contributed by atoms with Gasteiger partial charge in [0.05, 0.1) is 6.54 Å². The molecule has 0 saturated heterocycles.